The number of non-ortho nitro benzene ring substituents is 1. The molecule has 0 unspecified atom stereocenters. The van der Waals surface area contributed by atoms with Crippen LogP contribution in [0.4, 0.5) is 21.9 Å². The molecular formula is C31H26N4O6. The summed E-state index contributed by atoms with van der Waals surface area (Å²) in [5.74, 6) is -1.20. The molecule has 1 saturated heterocycles. The van der Waals surface area contributed by atoms with Crippen LogP contribution in [0.25, 0.3) is 11.8 Å². The molecular weight excluding hydrogens is 524 g/mol. The van der Waals surface area contributed by atoms with Crippen molar-refractivity contribution in [2.75, 3.05) is 16.9 Å². The van der Waals surface area contributed by atoms with E-state index >= 15 is 0 Å². The summed E-state index contributed by atoms with van der Waals surface area (Å²) < 4.78 is 7.26. The standard InChI is InChI=1S/C31H26N4O6/c1-19-10-12-24(13-11-19)34-30(37)26(29(36)33(31(34)38)23-8-6-5-7-9-23)17-22-16-20(2)32(21(22)3)27-15-14-25(35(39)40)18-28(27)41-4/h5-18H,1-4H3/b26-17+. The fourth-order valence-electron chi connectivity index (χ4n) is 4.88. The number of imide groups is 2. The van der Waals surface area contributed by atoms with E-state index in [-0.39, 0.29) is 17.0 Å². The lowest BCUT2D eigenvalue weighted by Gasteiger charge is -2.34. The molecule has 2 heterocycles. The monoisotopic (exact) mass is 550 g/mol. The summed E-state index contributed by atoms with van der Waals surface area (Å²) in [7, 11) is 1.42. The van der Waals surface area contributed by atoms with Gasteiger partial charge in [0.1, 0.15) is 11.3 Å². The Morgan fingerprint density at radius 3 is 2.00 bits per heavy atom. The van der Waals surface area contributed by atoms with E-state index in [9.17, 15) is 24.5 Å². The molecule has 0 aliphatic carbocycles. The molecule has 41 heavy (non-hydrogen) atoms. The van der Waals surface area contributed by atoms with Crippen molar-refractivity contribution in [3.05, 3.63) is 117 Å². The number of methoxy groups -OCH3 is 1. The van der Waals surface area contributed by atoms with Crippen LogP contribution < -0.4 is 14.5 Å². The van der Waals surface area contributed by atoms with Crippen LogP contribution in [0.15, 0.2) is 84.4 Å². The Bertz CT molecular complexity index is 1740. The van der Waals surface area contributed by atoms with Gasteiger partial charge in [0.25, 0.3) is 17.5 Å². The lowest BCUT2D eigenvalue weighted by molar-refractivity contribution is -0.384. The van der Waals surface area contributed by atoms with Gasteiger partial charge >= 0.3 is 6.03 Å². The zero-order chi connectivity index (χ0) is 29.4. The highest BCUT2D eigenvalue weighted by atomic mass is 16.6. The third-order valence-electron chi connectivity index (χ3n) is 6.94. The largest absolute Gasteiger partial charge is 0.494 e. The number of amides is 4. The predicted octanol–water partition coefficient (Wildman–Crippen LogP) is 5.90. The number of urea groups is 1. The average molecular weight is 551 g/mol. The van der Waals surface area contributed by atoms with Crippen LogP contribution in [0.3, 0.4) is 0 Å². The molecule has 10 heteroatoms. The minimum Gasteiger partial charge on any atom is -0.494 e. The number of rotatable bonds is 6. The Labute approximate surface area is 235 Å². The summed E-state index contributed by atoms with van der Waals surface area (Å²) in [5.41, 5.74) is 3.83. The fourth-order valence-corrected chi connectivity index (χ4v) is 4.88. The summed E-state index contributed by atoms with van der Waals surface area (Å²) in [5, 5.41) is 11.3. The number of hydrogen-bond acceptors (Lipinski definition) is 6. The summed E-state index contributed by atoms with van der Waals surface area (Å²) in [6.07, 6.45) is 1.48. The molecule has 4 amide bonds. The van der Waals surface area contributed by atoms with Gasteiger partial charge in [-0.25, -0.2) is 14.6 Å². The highest BCUT2D eigenvalue weighted by Crippen LogP contribution is 2.34. The first-order valence-corrected chi connectivity index (χ1v) is 12.7. The maximum Gasteiger partial charge on any atom is 0.343 e. The first kappa shape index (κ1) is 27.1. The van der Waals surface area contributed by atoms with Crippen LogP contribution in [-0.4, -0.2) is 34.4 Å². The number of ether oxygens (including phenoxy) is 1. The average Bonchev–Trinajstić information content (AvgIpc) is 3.24. The summed E-state index contributed by atoms with van der Waals surface area (Å²) in [4.78, 5) is 53.9. The lowest BCUT2D eigenvalue weighted by Crippen LogP contribution is -2.57. The number of para-hydroxylation sites is 1. The van der Waals surface area contributed by atoms with Gasteiger partial charge in [-0.05, 0) is 68.8 Å². The maximum atomic E-state index is 13.8. The number of carbonyl (C=O) groups is 3. The second-order valence-corrected chi connectivity index (χ2v) is 9.57. The van der Waals surface area contributed by atoms with E-state index in [1.165, 1.54) is 25.3 Å². The normalized spacial score (nSPS) is 14.6. The van der Waals surface area contributed by atoms with Crippen LogP contribution in [-0.2, 0) is 9.59 Å². The SMILES string of the molecule is COc1cc([N+](=O)[O-])ccc1-n1c(C)cc(/C=C2\C(=O)N(c3ccccc3)C(=O)N(c3ccc(C)cc3)C2=O)c1C. The third kappa shape index (κ3) is 4.76. The number of carbonyl (C=O) groups excluding carboxylic acids is 3. The summed E-state index contributed by atoms with van der Waals surface area (Å²) in [6, 6.07) is 20.7. The second kappa shape index (κ2) is 10.6. The van der Waals surface area contributed by atoms with Crippen molar-refractivity contribution in [1.82, 2.24) is 4.57 Å². The van der Waals surface area contributed by atoms with E-state index in [1.807, 2.05) is 18.4 Å². The van der Waals surface area contributed by atoms with Crippen LogP contribution in [0.5, 0.6) is 5.75 Å². The summed E-state index contributed by atoms with van der Waals surface area (Å²) >= 11 is 0. The number of benzene rings is 3. The van der Waals surface area contributed by atoms with Gasteiger partial charge in [-0.1, -0.05) is 35.9 Å². The molecule has 1 aromatic heterocycles. The quantitative estimate of drug-likeness (QED) is 0.128. The maximum absolute atomic E-state index is 13.8. The number of hydrogen-bond donors (Lipinski definition) is 0. The Morgan fingerprint density at radius 2 is 1.41 bits per heavy atom. The Balaban J connectivity index is 1.65. The van der Waals surface area contributed by atoms with Gasteiger partial charge in [-0.3, -0.25) is 19.7 Å². The van der Waals surface area contributed by atoms with Crippen LogP contribution in [0.1, 0.15) is 22.5 Å². The fraction of sp³-hybridized carbons (Fsp3) is 0.129. The van der Waals surface area contributed by atoms with Crippen molar-refractivity contribution in [2.24, 2.45) is 0 Å². The van der Waals surface area contributed by atoms with Gasteiger partial charge in [0.05, 0.1) is 35.2 Å². The van der Waals surface area contributed by atoms with Crippen LogP contribution >= 0.6 is 0 Å². The van der Waals surface area contributed by atoms with Crippen LogP contribution in [0.2, 0.25) is 0 Å². The number of barbiturate groups is 1. The van der Waals surface area contributed by atoms with E-state index in [4.69, 9.17) is 4.74 Å². The van der Waals surface area contributed by atoms with Crippen molar-refractivity contribution >= 4 is 41.0 Å². The molecule has 5 rings (SSSR count). The first-order chi connectivity index (χ1) is 19.6. The topological polar surface area (TPSA) is 115 Å². The van der Waals surface area contributed by atoms with Gasteiger partial charge in [-0.2, -0.15) is 0 Å². The number of anilines is 2. The molecule has 4 aromatic rings. The highest BCUT2D eigenvalue weighted by molar-refractivity contribution is 6.46. The molecule has 0 spiro atoms. The van der Waals surface area contributed by atoms with E-state index in [1.54, 1.807) is 73.7 Å². The number of aromatic nitrogens is 1. The zero-order valence-corrected chi connectivity index (χ0v) is 22.8. The van der Waals surface area contributed by atoms with E-state index in [2.05, 4.69) is 0 Å². The third-order valence-corrected chi connectivity index (χ3v) is 6.94. The molecule has 0 saturated carbocycles. The smallest absolute Gasteiger partial charge is 0.343 e. The van der Waals surface area contributed by atoms with Crippen molar-refractivity contribution in [2.45, 2.75) is 20.8 Å². The minimum absolute atomic E-state index is 0.115. The molecule has 1 aliphatic rings. The summed E-state index contributed by atoms with van der Waals surface area (Å²) in [6.45, 7) is 5.53. The molecule has 3 aromatic carbocycles. The van der Waals surface area contributed by atoms with Crippen molar-refractivity contribution in [3.63, 3.8) is 0 Å². The van der Waals surface area contributed by atoms with E-state index in [0.717, 1.165) is 21.1 Å². The van der Waals surface area contributed by atoms with E-state index in [0.29, 0.717) is 28.3 Å². The second-order valence-electron chi connectivity index (χ2n) is 9.57. The highest BCUT2D eigenvalue weighted by Gasteiger charge is 2.43. The first-order valence-electron chi connectivity index (χ1n) is 12.7. The van der Waals surface area contributed by atoms with Crippen LogP contribution in [0, 0.1) is 30.9 Å². The van der Waals surface area contributed by atoms with E-state index < -0.39 is 22.8 Å². The van der Waals surface area contributed by atoms with Gasteiger partial charge in [0.15, 0.2) is 0 Å². The molecule has 1 aliphatic heterocycles. The molecule has 0 atom stereocenters. The molecule has 0 N–H and O–H groups in total. The minimum atomic E-state index is -0.770. The van der Waals surface area contributed by atoms with Crippen molar-refractivity contribution < 1.29 is 24.0 Å². The lowest BCUT2D eigenvalue weighted by atomic mass is 10.0. The number of nitrogens with zero attached hydrogens (tertiary/aromatic N) is 4. The Morgan fingerprint density at radius 1 is 0.805 bits per heavy atom. The number of aryl methyl sites for hydroxylation is 2. The Hall–Kier alpha value is -5.51. The Kier molecular flexibility index (Phi) is 6.98. The molecule has 0 radical (unpaired) electrons. The number of nitro groups is 1. The number of nitro benzene ring substituents is 1. The molecule has 1 fully saturated rings. The molecule has 10 nitrogen and oxygen atoms in total. The molecule has 0 bridgehead atoms. The van der Waals surface area contributed by atoms with Gasteiger partial charge in [-0.15, -0.1) is 0 Å². The molecule has 206 valence electrons. The predicted molar refractivity (Wildman–Crippen MR) is 154 cm³/mol. The van der Waals surface area contributed by atoms with Gasteiger partial charge in [0, 0.05) is 17.5 Å². The van der Waals surface area contributed by atoms with Gasteiger partial charge in [0.2, 0.25) is 0 Å². The van der Waals surface area contributed by atoms with Crippen molar-refractivity contribution in [3.8, 4) is 11.4 Å². The van der Waals surface area contributed by atoms with Crippen molar-refractivity contribution in [1.29, 1.82) is 0 Å². The zero-order valence-electron chi connectivity index (χ0n) is 22.8. The van der Waals surface area contributed by atoms with Gasteiger partial charge < -0.3 is 9.30 Å².